The second-order valence-corrected chi connectivity index (χ2v) is 6.45. The molecule has 24 heavy (non-hydrogen) atoms. The first kappa shape index (κ1) is 17.8. The van der Waals surface area contributed by atoms with Gasteiger partial charge in [-0.05, 0) is 43.4 Å². The summed E-state index contributed by atoms with van der Waals surface area (Å²) in [5.41, 5.74) is 0.242. The molecule has 0 unspecified atom stereocenters. The van der Waals surface area contributed by atoms with Gasteiger partial charge in [-0.2, -0.15) is 8.78 Å². The molecule has 2 N–H and O–H groups in total. The van der Waals surface area contributed by atoms with E-state index in [2.05, 4.69) is 14.8 Å². The lowest BCUT2D eigenvalue weighted by atomic mass is 10.2. The van der Waals surface area contributed by atoms with E-state index in [4.69, 9.17) is 0 Å². The van der Waals surface area contributed by atoms with Crippen molar-refractivity contribution < 1.29 is 26.7 Å². The Morgan fingerprint density at radius 2 is 1.71 bits per heavy atom. The van der Waals surface area contributed by atoms with Gasteiger partial charge in [-0.15, -0.1) is 0 Å². The number of para-hydroxylation sites is 2. The van der Waals surface area contributed by atoms with E-state index in [0.717, 1.165) is 0 Å². The van der Waals surface area contributed by atoms with Crippen LogP contribution < -0.4 is 14.8 Å². The number of anilines is 1. The van der Waals surface area contributed by atoms with Crippen molar-refractivity contribution in [1.29, 1.82) is 0 Å². The van der Waals surface area contributed by atoms with Gasteiger partial charge in [0.2, 0.25) is 10.0 Å². The zero-order valence-corrected chi connectivity index (χ0v) is 13.3. The highest BCUT2D eigenvalue weighted by molar-refractivity contribution is 7.89. The number of benzene rings is 2. The predicted molar refractivity (Wildman–Crippen MR) is 83.7 cm³/mol. The summed E-state index contributed by atoms with van der Waals surface area (Å²) < 4.78 is 54.4. The van der Waals surface area contributed by atoms with Gasteiger partial charge in [0.05, 0.1) is 10.6 Å². The summed E-state index contributed by atoms with van der Waals surface area (Å²) in [5.74, 6) is -0.760. The highest BCUT2D eigenvalue weighted by Gasteiger charge is 2.15. The molecule has 0 saturated carbocycles. The average molecular weight is 356 g/mol. The molecule has 0 spiro atoms. The summed E-state index contributed by atoms with van der Waals surface area (Å²) in [7, 11) is -2.33. The van der Waals surface area contributed by atoms with E-state index in [-0.39, 0.29) is 21.9 Å². The van der Waals surface area contributed by atoms with Crippen LogP contribution in [0.15, 0.2) is 53.4 Å². The first-order valence-electron chi connectivity index (χ1n) is 6.72. The first-order chi connectivity index (χ1) is 11.3. The second kappa shape index (κ2) is 7.37. The Morgan fingerprint density at radius 1 is 1.08 bits per heavy atom. The molecule has 0 aliphatic rings. The number of ether oxygens (including phenoxy) is 1. The van der Waals surface area contributed by atoms with Gasteiger partial charge in [0.1, 0.15) is 5.75 Å². The quantitative estimate of drug-likeness (QED) is 0.833. The lowest BCUT2D eigenvalue weighted by Gasteiger charge is -2.11. The number of hydrogen-bond donors (Lipinski definition) is 2. The third kappa shape index (κ3) is 4.27. The van der Waals surface area contributed by atoms with Crippen LogP contribution in [0.3, 0.4) is 0 Å². The first-order valence-corrected chi connectivity index (χ1v) is 8.20. The highest BCUT2D eigenvalue weighted by Crippen LogP contribution is 2.26. The molecule has 6 nitrogen and oxygen atoms in total. The summed E-state index contributed by atoms with van der Waals surface area (Å²) >= 11 is 0. The summed E-state index contributed by atoms with van der Waals surface area (Å²) in [6.07, 6.45) is 0. The second-order valence-electron chi connectivity index (χ2n) is 4.56. The summed E-state index contributed by atoms with van der Waals surface area (Å²) in [6.45, 7) is -3.02. The van der Waals surface area contributed by atoms with Crippen molar-refractivity contribution in [3.05, 3.63) is 54.1 Å². The van der Waals surface area contributed by atoms with Crippen LogP contribution in [-0.2, 0) is 10.0 Å². The van der Waals surface area contributed by atoms with Gasteiger partial charge in [0, 0.05) is 5.56 Å². The highest BCUT2D eigenvalue weighted by atomic mass is 32.2. The molecule has 2 aromatic carbocycles. The van der Waals surface area contributed by atoms with Crippen LogP contribution in [0.25, 0.3) is 0 Å². The molecule has 0 saturated heterocycles. The molecule has 0 aromatic heterocycles. The molecular formula is C15H14F2N2O4S. The van der Waals surface area contributed by atoms with Crippen LogP contribution >= 0.6 is 0 Å². The normalized spacial score (nSPS) is 11.3. The number of sulfonamides is 1. The fourth-order valence-electron chi connectivity index (χ4n) is 1.87. The number of nitrogens with one attached hydrogen (secondary N) is 2. The standard InChI is InChI=1S/C15H14F2N2O4S/c1-18-24(21,22)11-8-6-10(7-9-11)14(20)19-12-4-2-3-5-13(12)23-15(16)17/h2-9,15,18H,1H3,(H,19,20). The van der Waals surface area contributed by atoms with Crippen molar-refractivity contribution in [3.8, 4) is 5.75 Å². The van der Waals surface area contributed by atoms with Crippen LogP contribution in [0, 0.1) is 0 Å². The Bertz CT molecular complexity index is 824. The molecule has 0 bridgehead atoms. The average Bonchev–Trinajstić information content (AvgIpc) is 2.56. The lowest BCUT2D eigenvalue weighted by molar-refractivity contribution is -0.0493. The minimum absolute atomic E-state index is 0.00276. The Kier molecular flexibility index (Phi) is 5.47. The monoisotopic (exact) mass is 356 g/mol. The van der Waals surface area contributed by atoms with Gasteiger partial charge in [0.25, 0.3) is 5.91 Å². The Hall–Kier alpha value is -2.52. The number of alkyl halides is 2. The molecule has 128 valence electrons. The molecule has 0 heterocycles. The molecule has 0 radical (unpaired) electrons. The Morgan fingerprint density at radius 3 is 2.29 bits per heavy atom. The van der Waals surface area contributed by atoms with Crippen LogP contribution in [0.4, 0.5) is 14.5 Å². The molecule has 0 aliphatic heterocycles. The van der Waals surface area contributed by atoms with E-state index in [1.54, 1.807) is 6.07 Å². The van der Waals surface area contributed by atoms with Gasteiger partial charge in [-0.3, -0.25) is 4.79 Å². The van der Waals surface area contributed by atoms with Gasteiger partial charge in [-0.1, -0.05) is 12.1 Å². The summed E-state index contributed by atoms with van der Waals surface area (Å²) in [5, 5.41) is 2.44. The molecule has 2 rings (SSSR count). The molecule has 2 aromatic rings. The van der Waals surface area contributed by atoms with Gasteiger partial charge in [-0.25, -0.2) is 13.1 Å². The van der Waals surface area contributed by atoms with Crippen molar-refractivity contribution in [2.45, 2.75) is 11.5 Å². The van der Waals surface area contributed by atoms with Crippen molar-refractivity contribution in [1.82, 2.24) is 4.72 Å². The summed E-state index contributed by atoms with van der Waals surface area (Å²) in [4.78, 5) is 12.2. The van der Waals surface area contributed by atoms with Crippen LogP contribution in [-0.4, -0.2) is 28.0 Å². The zero-order chi connectivity index (χ0) is 17.7. The van der Waals surface area contributed by atoms with E-state index in [0.29, 0.717) is 0 Å². The zero-order valence-electron chi connectivity index (χ0n) is 12.5. The number of rotatable bonds is 6. The number of hydrogen-bond acceptors (Lipinski definition) is 4. The topological polar surface area (TPSA) is 84.5 Å². The predicted octanol–water partition coefficient (Wildman–Crippen LogP) is 2.45. The van der Waals surface area contributed by atoms with E-state index < -0.39 is 22.5 Å². The van der Waals surface area contributed by atoms with E-state index in [1.807, 2.05) is 0 Å². The maximum absolute atomic E-state index is 12.4. The maximum Gasteiger partial charge on any atom is 0.387 e. The van der Waals surface area contributed by atoms with Crippen molar-refractivity contribution in [2.75, 3.05) is 12.4 Å². The number of halogens is 2. The van der Waals surface area contributed by atoms with Gasteiger partial charge in [0.15, 0.2) is 0 Å². The number of carbonyl (C=O) groups excluding carboxylic acids is 1. The van der Waals surface area contributed by atoms with Gasteiger partial charge >= 0.3 is 6.61 Å². The molecule has 0 fully saturated rings. The van der Waals surface area contributed by atoms with Crippen LogP contribution in [0.1, 0.15) is 10.4 Å². The SMILES string of the molecule is CNS(=O)(=O)c1ccc(C(=O)Nc2ccccc2OC(F)F)cc1. The van der Waals surface area contributed by atoms with Gasteiger partial charge < -0.3 is 10.1 Å². The largest absolute Gasteiger partial charge is 0.433 e. The van der Waals surface area contributed by atoms with Crippen LogP contribution in [0.2, 0.25) is 0 Å². The number of carbonyl (C=O) groups is 1. The maximum atomic E-state index is 12.4. The minimum atomic E-state index is -3.60. The molecule has 0 aliphatic carbocycles. The van der Waals surface area contributed by atoms with Crippen LogP contribution in [0.5, 0.6) is 5.75 Å². The molecule has 1 amide bonds. The van der Waals surface area contributed by atoms with Crippen molar-refractivity contribution >= 4 is 21.6 Å². The third-order valence-corrected chi connectivity index (χ3v) is 4.48. The van der Waals surface area contributed by atoms with E-state index in [1.165, 1.54) is 49.5 Å². The Labute approximate surface area is 137 Å². The fourth-order valence-corrected chi connectivity index (χ4v) is 2.60. The third-order valence-electron chi connectivity index (χ3n) is 3.05. The van der Waals surface area contributed by atoms with Crippen molar-refractivity contribution in [2.24, 2.45) is 0 Å². The molecular weight excluding hydrogens is 342 g/mol. The summed E-state index contributed by atoms with van der Waals surface area (Å²) in [6, 6.07) is 10.9. The fraction of sp³-hybridized carbons (Fsp3) is 0.133. The minimum Gasteiger partial charge on any atom is -0.433 e. The van der Waals surface area contributed by atoms with E-state index in [9.17, 15) is 22.0 Å². The molecule has 0 atom stereocenters. The Balaban J connectivity index is 2.19. The lowest BCUT2D eigenvalue weighted by Crippen LogP contribution is -2.19. The van der Waals surface area contributed by atoms with Crippen molar-refractivity contribution in [3.63, 3.8) is 0 Å². The number of amides is 1. The smallest absolute Gasteiger partial charge is 0.387 e. The molecule has 9 heteroatoms. The van der Waals surface area contributed by atoms with E-state index >= 15 is 0 Å².